The lowest BCUT2D eigenvalue weighted by Gasteiger charge is -2.07. The molecule has 0 aromatic heterocycles. The van der Waals surface area contributed by atoms with E-state index in [1.807, 2.05) is 0 Å². The van der Waals surface area contributed by atoms with Crippen LogP contribution in [0, 0.1) is 0 Å². The van der Waals surface area contributed by atoms with Gasteiger partial charge in [-0.25, -0.2) is 0 Å². The van der Waals surface area contributed by atoms with Crippen molar-refractivity contribution in [1.29, 1.82) is 0 Å². The highest BCUT2D eigenvalue weighted by molar-refractivity contribution is 6.17. The Labute approximate surface area is 87.8 Å². The number of hydrogen-bond acceptors (Lipinski definition) is 4. The lowest BCUT2D eigenvalue weighted by atomic mass is 10.1. The van der Waals surface area contributed by atoms with Gasteiger partial charge in [0.1, 0.15) is 6.04 Å². The van der Waals surface area contributed by atoms with Crippen LogP contribution in [0.1, 0.15) is 5.56 Å². The van der Waals surface area contributed by atoms with Crippen LogP contribution in [0.4, 0.5) is 0 Å². The van der Waals surface area contributed by atoms with Crippen molar-refractivity contribution in [2.24, 2.45) is 5.73 Å². The van der Waals surface area contributed by atoms with E-state index in [1.54, 1.807) is 24.3 Å². The molecule has 0 bridgehead atoms. The molecule has 0 aliphatic rings. The third-order valence-electron chi connectivity index (χ3n) is 1.88. The minimum absolute atomic E-state index is 0.262. The van der Waals surface area contributed by atoms with Gasteiger partial charge in [-0.1, -0.05) is 12.1 Å². The molecule has 0 amide bonds. The van der Waals surface area contributed by atoms with Gasteiger partial charge in [0.15, 0.2) is 0 Å². The van der Waals surface area contributed by atoms with Gasteiger partial charge in [-0.15, -0.1) is 0 Å². The Morgan fingerprint density at radius 2 is 2.07 bits per heavy atom. The highest BCUT2D eigenvalue weighted by Crippen LogP contribution is 2.12. The summed E-state index contributed by atoms with van der Waals surface area (Å²) in [5, 5.41) is 17.0. The molecule has 6 heteroatoms. The number of carbonyl (C=O) groups is 1. The van der Waals surface area contributed by atoms with Crippen molar-refractivity contribution in [3.8, 4) is 5.75 Å². The van der Waals surface area contributed by atoms with Gasteiger partial charge in [-0.2, -0.15) is 0 Å². The first-order valence-corrected chi connectivity index (χ1v) is 4.33. The Kier molecular flexibility index (Phi) is 4.14. The number of benzene rings is 1. The molecule has 79 valence electrons. The number of hydrogen-bond donors (Lipinski definition) is 3. The fourth-order valence-corrected chi connectivity index (χ4v) is 1.11. The molecule has 0 fully saturated rings. The van der Waals surface area contributed by atoms with Gasteiger partial charge in [0.25, 0.3) is 0 Å². The predicted octanol–water partition coefficient (Wildman–Crippen LogP) is -0.454. The van der Waals surface area contributed by atoms with Crippen molar-refractivity contribution in [1.82, 2.24) is 0 Å². The summed E-state index contributed by atoms with van der Waals surface area (Å²) in [7, 11) is 0.581. The number of rotatable bonds is 5. The zero-order valence-electron chi connectivity index (χ0n) is 7.96. The lowest BCUT2D eigenvalue weighted by Crippen LogP contribution is -2.32. The van der Waals surface area contributed by atoms with Crippen LogP contribution >= 0.6 is 0 Å². The largest absolute Gasteiger partial charge is 0.569 e. The normalized spacial score (nSPS) is 11.9. The molecule has 1 unspecified atom stereocenters. The molecule has 1 aromatic rings. The molecule has 0 saturated carbocycles. The lowest BCUT2D eigenvalue weighted by molar-refractivity contribution is -0.138. The topological polar surface area (TPSA) is 92.8 Å². The summed E-state index contributed by atoms with van der Waals surface area (Å²) < 4.78 is 4.70. The molecule has 5 nitrogen and oxygen atoms in total. The van der Waals surface area contributed by atoms with Gasteiger partial charge in [-0.3, -0.25) is 4.79 Å². The third kappa shape index (κ3) is 3.61. The van der Waals surface area contributed by atoms with E-state index in [0.29, 0.717) is 13.4 Å². The van der Waals surface area contributed by atoms with Crippen molar-refractivity contribution >= 4 is 13.7 Å². The maximum absolute atomic E-state index is 10.5. The van der Waals surface area contributed by atoms with Gasteiger partial charge in [0.05, 0.1) is 5.75 Å². The Morgan fingerprint density at radius 3 is 2.53 bits per heavy atom. The predicted molar refractivity (Wildman–Crippen MR) is 54.4 cm³/mol. The molecule has 0 saturated heterocycles. The van der Waals surface area contributed by atoms with E-state index in [9.17, 15) is 4.79 Å². The van der Waals surface area contributed by atoms with E-state index in [-0.39, 0.29) is 6.42 Å². The summed E-state index contributed by atoms with van der Waals surface area (Å²) in [5.41, 5.74) is 6.17. The number of carboxylic acid groups (broad SMARTS) is 1. The van der Waals surface area contributed by atoms with Crippen LogP contribution in [-0.2, 0) is 11.2 Å². The molecule has 4 N–H and O–H groups in total. The van der Waals surface area contributed by atoms with Crippen molar-refractivity contribution in [3.63, 3.8) is 0 Å². The second kappa shape index (κ2) is 5.38. The minimum Gasteiger partial charge on any atom is -0.537 e. The summed E-state index contributed by atoms with van der Waals surface area (Å²) in [4.78, 5) is 10.5. The molecule has 1 atom stereocenters. The highest BCUT2D eigenvalue weighted by atomic mass is 16.5. The van der Waals surface area contributed by atoms with Crippen molar-refractivity contribution in [2.75, 3.05) is 0 Å². The highest BCUT2D eigenvalue weighted by Gasteiger charge is 2.11. The van der Waals surface area contributed by atoms with Crippen molar-refractivity contribution < 1.29 is 19.6 Å². The first-order chi connectivity index (χ1) is 7.13. The number of carboxylic acids is 1. The van der Waals surface area contributed by atoms with Gasteiger partial charge in [-0.05, 0) is 24.1 Å². The fraction of sp³-hybridized carbons (Fsp3) is 0.222. The summed E-state index contributed by atoms with van der Waals surface area (Å²) in [5.74, 6) is -0.552. The second-order valence-electron chi connectivity index (χ2n) is 3.02. The quantitative estimate of drug-likeness (QED) is 0.569. The molecular weight excluding hydrogens is 197 g/mol. The van der Waals surface area contributed by atoms with Crippen LogP contribution in [0.5, 0.6) is 5.75 Å². The molecule has 0 heterocycles. The summed E-state index contributed by atoms with van der Waals surface area (Å²) >= 11 is 0. The zero-order valence-corrected chi connectivity index (χ0v) is 7.96. The minimum atomic E-state index is -1.03. The Morgan fingerprint density at radius 1 is 1.47 bits per heavy atom. The molecule has 1 radical (unpaired) electrons. The van der Waals surface area contributed by atoms with Crippen LogP contribution in [0.25, 0.3) is 0 Å². The smallest absolute Gasteiger partial charge is 0.537 e. The van der Waals surface area contributed by atoms with Crippen LogP contribution < -0.4 is 10.4 Å². The van der Waals surface area contributed by atoms with E-state index >= 15 is 0 Å². The van der Waals surface area contributed by atoms with Gasteiger partial charge in [0.2, 0.25) is 0 Å². The maximum Gasteiger partial charge on any atom is 0.569 e. The van der Waals surface area contributed by atoms with Gasteiger partial charge in [0, 0.05) is 0 Å². The van der Waals surface area contributed by atoms with E-state index in [2.05, 4.69) is 0 Å². The fourth-order valence-electron chi connectivity index (χ4n) is 1.11. The van der Waals surface area contributed by atoms with Crippen LogP contribution in [-0.4, -0.2) is 29.8 Å². The first-order valence-electron chi connectivity index (χ1n) is 4.33. The maximum atomic E-state index is 10.5. The van der Waals surface area contributed by atoms with E-state index in [0.717, 1.165) is 5.56 Å². The van der Waals surface area contributed by atoms with E-state index in [4.69, 9.17) is 20.5 Å². The summed E-state index contributed by atoms with van der Waals surface area (Å²) in [6.07, 6.45) is 0.262. The third-order valence-corrected chi connectivity index (χ3v) is 1.88. The molecule has 0 spiro atoms. The zero-order chi connectivity index (χ0) is 11.3. The Bertz CT molecular complexity index is 327. The van der Waals surface area contributed by atoms with Crippen LogP contribution in [0.2, 0.25) is 0 Å². The van der Waals surface area contributed by atoms with Crippen molar-refractivity contribution in [2.45, 2.75) is 12.5 Å². The average Bonchev–Trinajstić information content (AvgIpc) is 2.21. The molecule has 0 aliphatic heterocycles. The molecule has 1 rings (SSSR count). The van der Waals surface area contributed by atoms with Gasteiger partial charge >= 0.3 is 13.7 Å². The van der Waals surface area contributed by atoms with E-state index in [1.165, 1.54) is 0 Å². The molecular formula is C9H11BNO4. The Hall–Kier alpha value is -1.53. The molecule has 0 aliphatic carbocycles. The van der Waals surface area contributed by atoms with E-state index < -0.39 is 12.0 Å². The monoisotopic (exact) mass is 208 g/mol. The SMILES string of the molecule is NC(Cc1ccc(O[B]O)cc1)C(=O)O. The van der Waals surface area contributed by atoms with Crippen LogP contribution in [0.3, 0.4) is 0 Å². The first kappa shape index (κ1) is 11.5. The average molecular weight is 208 g/mol. The molecule has 15 heavy (non-hydrogen) atoms. The second-order valence-corrected chi connectivity index (χ2v) is 3.02. The van der Waals surface area contributed by atoms with Crippen LogP contribution in [0.15, 0.2) is 24.3 Å². The molecule has 1 aromatic carbocycles. The standard InChI is InChI=1S/C9H11BNO4/c11-8(9(12)13)5-6-1-3-7(4-2-6)15-10-14/h1-4,8,14H,5,11H2,(H,12,13). The summed E-state index contributed by atoms with van der Waals surface area (Å²) in [6, 6.07) is 5.73. The Balaban J connectivity index is 2.60. The summed E-state index contributed by atoms with van der Waals surface area (Å²) in [6.45, 7) is 0. The number of aliphatic carboxylic acids is 1. The van der Waals surface area contributed by atoms with Crippen molar-refractivity contribution in [3.05, 3.63) is 29.8 Å². The number of nitrogens with two attached hydrogens (primary N) is 1. The van der Waals surface area contributed by atoms with Gasteiger partial charge < -0.3 is 20.5 Å².